The molecule has 0 fully saturated rings. The Morgan fingerprint density at radius 2 is 2.33 bits per heavy atom. The number of ether oxygens (including phenoxy) is 1. The predicted octanol–water partition coefficient (Wildman–Crippen LogP) is 3.50. The molecule has 0 bridgehead atoms. The number of nitrogens with one attached hydrogen (secondary N) is 1. The summed E-state index contributed by atoms with van der Waals surface area (Å²) >= 11 is 7.92. The fourth-order valence-electron chi connectivity index (χ4n) is 1.87. The SMILES string of the molecule is CCNC(c1nccs1)c1c(Cl)cccc1OC. The first kappa shape index (κ1) is 13.3. The van der Waals surface area contributed by atoms with Crippen molar-refractivity contribution in [3.05, 3.63) is 45.4 Å². The normalized spacial score (nSPS) is 12.4. The molecular weight excluding hydrogens is 268 g/mol. The Labute approximate surface area is 116 Å². The van der Waals surface area contributed by atoms with Crippen LogP contribution in [-0.4, -0.2) is 18.6 Å². The Bertz CT molecular complexity index is 502. The molecule has 1 unspecified atom stereocenters. The van der Waals surface area contributed by atoms with Crippen molar-refractivity contribution in [1.29, 1.82) is 0 Å². The first-order chi connectivity index (χ1) is 8.77. The van der Waals surface area contributed by atoms with Crippen molar-refractivity contribution < 1.29 is 4.74 Å². The number of nitrogens with zero attached hydrogens (tertiary/aromatic N) is 1. The van der Waals surface area contributed by atoms with Crippen LogP contribution in [0.25, 0.3) is 0 Å². The Kier molecular flexibility index (Phi) is 4.58. The number of halogens is 1. The zero-order valence-corrected chi connectivity index (χ0v) is 11.9. The maximum absolute atomic E-state index is 6.31. The maximum atomic E-state index is 6.31. The van der Waals surface area contributed by atoms with Crippen LogP contribution in [0.2, 0.25) is 5.02 Å². The van der Waals surface area contributed by atoms with Crippen molar-refractivity contribution in [3.8, 4) is 5.75 Å². The molecule has 1 heterocycles. The molecule has 0 aliphatic heterocycles. The minimum atomic E-state index is -0.0290. The number of hydrogen-bond acceptors (Lipinski definition) is 4. The van der Waals surface area contributed by atoms with E-state index in [2.05, 4.69) is 17.2 Å². The molecule has 1 atom stereocenters. The molecule has 3 nitrogen and oxygen atoms in total. The summed E-state index contributed by atoms with van der Waals surface area (Å²) in [6, 6.07) is 5.64. The van der Waals surface area contributed by atoms with Crippen LogP contribution in [0.5, 0.6) is 5.75 Å². The van der Waals surface area contributed by atoms with Crippen LogP contribution in [0, 0.1) is 0 Å². The molecule has 2 aromatic rings. The second-order valence-electron chi connectivity index (χ2n) is 3.72. The minimum absolute atomic E-state index is 0.0290. The van der Waals surface area contributed by atoms with Gasteiger partial charge < -0.3 is 10.1 Å². The van der Waals surface area contributed by atoms with Crippen LogP contribution in [0.1, 0.15) is 23.5 Å². The van der Waals surface area contributed by atoms with E-state index in [9.17, 15) is 0 Å². The van der Waals surface area contributed by atoms with Gasteiger partial charge in [0.2, 0.25) is 0 Å². The van der Waals surface area contributed by atoms with E-state index >= 15 is 0 Å². The standard InChI is InChI=1S/C13H15ClN2OS/c1-3-15-12(13-16-7-8-18-13)11-9(14)5-4-6-10(11)17-2/h4-8,12,15H,3H2,1-2H3. The summed E-state index contributed by atoms with van der Waals surface area (Å²) in [7, 11) is 1.65. The summed E-state index contributed by atoms with van der Waals surface area (Å²) in [5.74, 6) is 0.781. The lowest BCUT2D eigenvalue weighted by atomic mass is 10.1. The van der Waals surface area contributed by atoms with Crippen molar-refractivity contribution in [2.45, 2.75) is 13.0 Å². The molecule has 1 aromatic heterocycles. The fourth-order valence-corrected chi connectivity index (χ4v) is 2.86. The van der Waals surface area contributed by atoms with Gasteiger partial charge in [-0.2, -0.15) is 0 Å². The molecule has 1 N–H and O–H groups in total. The van der Waals surface area contributed by atoms with Crippen molar-refractivity contribution in [2.24, 2.45) is 0 Å². The van der Waals surface area contributed by atoms with Gasteiger partial charge in [0.05, 0.1) is 13.2 Å². The monoisotopic (exact) mass is 282 g/mol. The summed E-state index contributed by atoms with van der Waals surface area (Å²) < 4.78 is 5.40. The van der Waals surface area contributed by atoms with Crippen molar-refractivity contribution >= 4 is 22.9 Å². The molecule has 96 valence electrons. The van der Waals surface area contributed by atoms with E-state index in [1.54, 1.807) is 24.6 Å². The van der Waals surface area contributed by atoms with Crippen LogP contribution in [-0.2, 0) is 0 Å². The zero-order valence-electron chi connectivity index (χ0n) is 10.3. The molecule has 0 aliphatic rings. The quantitative estimate of drug-likeness (QED) is 0.911. The summed E-state index contributed by atoms with van der Waals surface area (Å²) in [6.07, 6.45) is 1.80. The van der Waals surface area contributed by atoms with Gasteiger partial charge in [-0.05, 0) is 18.7 Å². The Balaban J connectivity index is 2.49. The number of thiazole rings is 1. The maximum Gasteiger partial charge on any atom is 0.125 e. The molecule has 0 aliphatic carbocycles. The number of methoxy groups -OCH3 is 1. The van der Waals surface area contributed by atoms with E-state index in [0.717, 1.165) is 22.9 Å². The molecule has 0 saturated heterocycles. The molecule has 0 spiro atoms. The third-order valence-corrected chi connectivity index (χ3v) is 3.80. The van der Waals surface area contributed by atoms with Gasteiger partial charge in [-0.3, -0.25) is 0 Å². The third kappa shape index (κ3) is 2.66. The lowest BCUT2D eigenvalue weighted by Gasteiger charge is -2.20. The van der Waals surface area contributed by atoms with Gasteiger partial charge in [-0.25, -0.2) is 4.98 Å². The molecule has 0 radical (unpaired) electrons. The van der Waals surface area contributed by atoms with Gasteiger partial charge >= 0.3 is 0 Å². The van der Waals surface area contributed by atoms with Gasteiger partial charge in [0.25, 0.3) is 0 Å². The second kappa shape index (κ2) is 6.18. The number of benzene rings is 1. The molecule has 1 aromatic carbocycles. The van der Waals surface area contributed by atoms with Crippen molar-refractivity contribution in [3.63, 3.8) is 0 Å². The molecule has 18 heavy (non-hydrogen) atoms. The second-order valence-corrected chi connectivity index (χ2v) is 5.05. The van der Waals surface area contributed by atoms with Crippen LogP contribution >= 0.6 is 22.9 Å². The van der Waals surface area contributed by atoms with E-state index in [-0.39, 0.29) is 6.04 Å². The highest BCUT2D eigenvalue weighted by Gasteiger charge is 2.22. The number of aromatic nitrogens is 1. The smallest absolute Gasteiger partial charge is 0.125 e. The summed E-state index contributed by atoms with van der Waals surface area (Å²) in [6.45, 7) is 2.89. The number of rotatable bonds is 5. The molecule has 0 amide bonds. The van der Waals surface area contributed by atoms with Crippen LogP contribution in [0.3, 0.4) is 0 Å². The fraction of sp³-hybridized carbons (Fsp3) is 0.308. The molecular formula is C13H15ClN2OS. The van der Waals surface area contributed by atoms with Crippen LogP contribution in [0.15, 0.2) is 29.8 Å². The first-order valence-corrected chi connectivity index (χ1v) is 6.98. The lowest BCUT2D eigenvalue weighted by Crippen LogP contribution is -2.22. The van der Waals surface area contributed by atoms with E-state index in [1.807, 2.05) is 23.6 Å². The number of hydrogen-bond donors (Lipinski definition) is 1. The highest BCUT2D eigenvalue weighted by molar-refractivity contribution is 7.09. The summed E-state index contributed by atoms with van der Waals surface area (Å²) in [5, 5.41) is 7.04. The average molecular weight is 283 g/mol. The minimum Gasteiger partial charge on any atom is -0.496 e. The summed E-state index contributed by atoms with van der Waals surface area (Å²) in [4.78, 5) is 4.37. The first-order valence-electron chi connectivity index (χ1n) is 5.73. The van der Waals surface area contributed by atoms with Crippen molar-refractivity contribution in [2.75, 3.05) is 13.7 Å². The molecule has 2 rings (SSSR count). The van der Waals surface area contributed by atoms with E-state index < -0.39 is 0 Å². The highest BCUT2D eigenvalue weighted by Crippen LogP contribution is 2.36. The predicted molar refractivity (Wildman–Crippen MR) is 75.6 cm³/mol. The topological polar surface area (TPSA) is 34.2 Å². The van der Waals surface area contributed by atoms with Crippen LogP contribution < -0.4 is 10.1 Å². The average Bonchev–Trinajstić information content (AvgIpc) is 2.90. The Hall–Kier alpha value is -1.10. The molecule has 5 heteroatoms. The van der Waals surface area contributed by atoms with Crippen molar-refractivity contribution in [1.82, 2.24) is 10.3 Å². The van der Waals surface area contributed by atoms with Gasteiger partial charge in [-0.15, -0.1) is 11.3 Å². The van der Waals surface area contributed by atoms with Gasteiger partial charge in [-0.1, -0.05) is 24.6 Å². The Morgan fingerprint density at radius 1 is 1.50 bits per heavy atom. The Morgan fingerprint density at radius 3 is 2.94 bits per heavy atom. The molecule has 0 saturated carbocycles. The van der Waals surface area contributed by atoms with E-state index in [1.165, 1.54) is 0 Å². The van der Waals surface area contributed by atoms with Gasteiger partial charge in [0.15, 0.2) is 0 Å². The van der Waals surface area contributed by atoms with E-state index in [4.69, 9.17) is 16.3 Å². The lowest BCUT2D eigenvalue weighted by molar-refractivity contribution is 0.404. The van der Waals surface area contributed by atoms with E-state index in [0.29, 0.717) is 5.02 Å². The highest BCUT2D eigenvalue weighted by atomic mass is 35.5. The summed E-state index contributed by atoms with van der Waals surface area (Å²) in [5.41, 5.74) is 0.943. The largest absolute Gasteiger partial charge is 0.496 e. The van der Waals surface area contributed by atoms with Gasteiger partial charge in [0, 0.05) is 22.2 Å². The van der Waals surface area contributed by atoms with Crippen LogP contribution in [0.4, 0.5) is 0 Å². The van der Waals surface area contributed by atoms with Gasteiger partial charge in [0.1, 0.15) is 10.8 Å². The zero-order chi connectivity index (χ0) is 13.0. The third-order valence-electron chi connectivity index (χ3n) is 2.63.